The molecule has 2 N–H and O–H groups in total. The normalized spacial score (nSPS) is 11.5. The van der Waals surface area contributed by atoms with Crippen LogP contribution in [0.25, 0.3) is 22.0 Å². The molecule has 3 aromatic carbocycles. The Morgan fingerprint density at radius 2 is 1.44 bits per heavy atom. The van der Waals surface area contributed by atoms with E-state index < -0.39 is 29.7 Å². The number of anilines is 1. The molecule has 0 bridgehead atoms. The number of aliphatic hydroxyl groups is 1. The van der Waals surface area contributed by atoms with E-state index in [1.165, 1.54) is 7.11 Å². The number of rotatable bonds is 9. The number of carbonyl (C=O) groups is 3. The molecule has 41 heavy (non-hydrogen) atoms. The van der Waals surface area contributed by atoms with Gasteiger partial charge in [-0.1, -0.05) is 36.4 Å². The van der Waals surface area contributed by atoms with Gasteiger partial charge in [-0.05, 0) is 64.1 Å². The number of aromatic nitrogens is 1. The summed E-state index contributed by atoms with van der Waals surface area (Å²) >= 11 is 0. The molecule has 1 amide bonds. The van der Waals surface area contributed by atoms with Gasteiger partial charge in [-0.15, -0.1) is 0 Å². The zero-order valence-corrected chi connectivity index (χ0v) is 23.9. The molecule has 0 atom stereocenters. The number of nitrogens with one attached hydrogen (secondary N) is 1. The number of hydrogen-bond donors (Lipinski definition) is 2. The van der Waals surface area contributed by atoms with Gasteiger partial charge in [0.05, 0.1) is 25.0 Å². The second-order valence-corrected chi connectivity index (χ2v) is 10.1. The third-order valence-electron chi connectivity index (χ3n) is 6.51. The van der Waals surface area contributed by atoms with E-state index in [0.717, 1.165) is 0 Å². The smallest absolute Gasteiger partial charge is 0.356 e. The van der Waals surface area contributed by atoms with E-state index in [9.17, 15) is 19.5 Å². The first-order chi connectivity index (χ1) is 19.5. The number of aryl methyl sites for hydroxylation is 1. The molecule has 0 fully saturated rings. The fraction of sp³-hybridized carbons (Fsp3) is 0.281. The Kier molecular flexibility index (Phi) is 8.49. The van der Waals surface area contributed by atoms with Gasteiger partial charge in [0.1, 0.15) is 5.75 Å². The van der Waals surface area contributed by atoms with Gasteiger partial charge < -0.3 is 29.2 Å². The van der Waals surface area contributed by atoms with E-state index in [-0.39, 0.29) is 11.6 Å². The van der Waals surface area contributed by atoms with E-state index in [4.69, 9.17) is 14.2 Å². The number of nitrogens with zero attached hydrogens (tertiary/aromatic N) is 1. The molecule has 214 valence electrons. The van der Waals surface area contributed by atoms with Crippen molar-refractivity contribution in [2.24, 2.45) is 7.05 Å². The number of benzene rings is 3. The number of amides is 1. The van der Waals surface area contributed by atoms with Crippen LogP contribution >= 0.6 is 0 Å². The molecule has 9 nitrogen and oxygen atoms in total. The first kappa shape index (κ1) is 29.4. The summed E-state index contributed by atoms with van der Waals surface area (Å²) in [4.78, 5) is 40.4. The van der Waals surface area contributed by atoms with Crippen LogP contribution in [0.5, 0.6) is 5.75 Å². The maximum Gasteiger partial charge on any atom is 0.356 e. The number of hydrogen-bond acceptors (Lipinski definition) is 7. The summed E-state index contributed by atoms with van der Waals surface area (Å²) < 4.78 is 17.9. The van der Waals surface area contributed by atoms with Crippen molar-refractivity contribution in [2.45, 2.75) is 45.5 Å². The van der Waals surface area contributed by atoms with Crippen LogP contribution in [-0.2, 0) is 31.7 Å². The van der Waals surface area contributed by atoms with E-state index in [0.29, 0.717) is 39.0 Å². The van der Waals surface area contributed by atoms with Crippen molar-refractivity contribution >= 4 is 34.4 Å². The maximum atomic E-state index is 13.6. The standard InChI is InChI=1S/C32H34N2O7/c1-19(2)40-30(36)32(38,31(37)41-20(3)4)28-27(24-18-22(39-6)16-17-26(24)34(28)5)23-14-10-11-15-25(23)33-29(35)21-12-8-7-9-13-21/h7-20,38H,1-6H3,(H,33,35). The number of para-hydroxylation sites is 1. The lowest BCUT2D eigenvalue weighted by atomic mass is 9.90. The van der Waals surface area contributed by atoms with Gasteiger partial charge >= 0.3 is 17.5 Å². The van der Waals surface area contributed by atoms with E-state index in [1.54, 1.807) is 106 Å². The summed E-state index contributed by atoms with van der Waals surface area (Å²) in [6.45, 7) is 6.48. The van der Waals surface area contributed by atoms with Crippen LogP contribution in [0.15, 0.2) is 72.8 Å². The molecule has 4 aromatic rings. The van der Waals surface area contributed by atoms with Crippen LogP contribution in [-0.4, -0.2) is 46.8 Å². The Morgan fingerprint density at radius 3 is 2.02 bits per heavy atom. The van der Waals surface area contributed by atoms with Crippen LogP contribution in [0, 0.1) is 0 Å². The summed E-state index contributed by atoms with van der Waals surface area (Å²) in [5, 5.41) is 15.6. The van der Waals surface area contributed by atoms with Gasteiger partial charge in [0, 0.05) is 40.3 Å². The zero-order valence-electron chi connectivity index (χ0n) is 23.9. The Morgan fingerprint density at radius 1 is 0.854 bits per heavy atom. The molecule has 0 spiro atoms. The molecule has 0 saturated carbocycles. The summed E-state index contributed by atoms with van der Waals surface area (Å²) in [6, 6.07) is 20.9. The second-order valence-electron chi connectivity index (χ2n) is 10.1. The average molecular weight is 559 g/mol. The number of carbonyl (C=O) groups excluding carboxylic acids is 3. The van der Waals surface area contributed by atoms with Crippen LogP contribution in [0.3, 0.4) is 0 Å². The highest BCUT2D eigenvalue weighted by Crippen LogP contribution is 2.44. The molecule has 0 unspecified atom stereocenters. The topological polar surface area (TPSA) is 116 Å². The monoisotopic (exact) mass is 558 g/mol. The predicted molar refractivity (Wildman–Crippen MR) is 156 cm³/mol. The second kappa shape index (κ2) is 11.9. The van der Waals surface area contributed by atoms with Crippen LogP contribution in [0.1, 0.15) is 43.7 Å². The van der Waals surface area contributed by atoms with E-state index >= 15 is 0 Å². The van der Waals surface area contributed by atoms with Crippen LogP contribution in [0.2, 0.25) is 0 Å². The molecule has 0 aliphatic carbocycles. The van der Waals surface area contributed by atoms with Crippen molar-refractivity contribution < 1.29 is 33.7 Å². The van der Waals surface area contributed by atoms with Crippen molar-refractivity contribution in [1.29, 1.82) is 0 Å². The third kappa shape index (κ3) is 5.67. The van der Waals surface area contributed by atoms with Gasteiger partial charge in [0.15, 0.2) is 0 Å². The summed E-state index contributed by atoms with van der Waals surface area (Å²) in [6.07, 6.45) is -1.26. The molecule has 1 heterocycles. The largest absolute Gasteiger partial charge is 0.497 e. The van der Waals surface area contributed by atoms with Gasteiger partial charge in [-0.25, -0.2) is 9.59 Å². The first-order valence-corrected chi connectivity index (χ1v) is 13.3. The Bertz CT molecular complexity index is 1570. The SMILES string of the molecule is COc1ccc2c(c1)c(-c1ccccc1NC(=O)c1ccccc1)c(C(O)(C(=O)OC(C)C)C(=O)OC(C)C)n2C. The van der Waals surface area contributed by atoms with Crippen molar-refractivity contribution in [3.63, 3.8) is 0 Å². The van der Waals surface area contributed by atoms with Crippen LogP contribution < -0.4 is 10.1 Å². The lowest BCUT2D eigenvalue weighted by molar-refractivity contribution is -0.190. The highest BCUT2D eigenvalue weighted by molar-refractivity contribution is 6.13. The maximum absolute atomic E-state index is 13.6. The van der Waals surface area contributed by atoms with E-state index in [1.807, 2.05) is 6.07 Å². The molecule has 9 heteroatoms. The minimum atomic E-state index is -2.85. The quantitative estimate of drug-likeness (QED) is 0.214. The third-order valence-corrected chi connectivity index (χ3v) is 6.51. The molecule has 4 rings (SSSR count). The average Bonchev–Trinajstić information content (AvgIpc) is 3.24. The zero-order chi connectivity index (χ0) is 29.9. The van der Waals surface area contributed by atoms with Gasteiger partial charge in [0.25, 0.3) is 5.91 Å². The minimum Gasteiger partial charge on any atom is -0.497 e. The summed E-state index contributed by atoms with van der Waals surface area (Å²) in [7, 11) is 3.16. The number of fused-ring (bicyclic) bond motifs is 1. The van der Waals surface area contributed by atoms with Crippen molar-refractivity contribution in [3.05, 3.63) is 84.1 Å². The number of ether oxygens (including phenoxy) is 3. The molecular formula is C32H34N2O7. The molecule has 0 aliphatic rings. The van der Waals surface area contributed by atoms with E-state index in [2.05, 4.69) is 5.32 Å². The highest BCUT2D eigenvalue weighted by Gasteiger charge is 2.54. The Labute approximate surface area is 238 Å². The molecule has 0 saturated heterocycles. The fourth-order valence-electron chi connectivity index (χ4n) is 4.72. The minimum absolute atomic E-state index is 0.0709. The molecule has 0 aliphatic heterocycles. The van der Waals surface area contributed by atoms with Crippen molar-refractivity contribution in [3.8, 4) is 16.9 Å². The van der Waals surface area contributed by atoms with Crippen molar-refractivity contribution in [1.82, 2.24) is 4.57 Å². The lowest BCUT2D eigenvalue weighted by Crippen LogP contribution is -2.49. The first-order valence-electron chi connectivity index (χ1n) is 13.3. The molecular weight excluding hydrogens is 524 g/mol. The summed E-state index contributed by atoms with van der Waals surface area (Å²) in [5.41, 5.74) is -0.699. The molecule has 1 aromatic heterocycles. The van der Waals surface area contributed by atoms with Gasteiger partial charge in [-0.2, -0.15) is 0 Å². The van der Waals surface area contributed by atoms with Crippen molar-refractivity contribution in [2.75, 3.05) is 12.4 Å². The van der Waals surface area contributed by atoms with Gasteiger partial charge in [0.2, 0.25) is 0 Å². The fourth-order valence-corrected chi connectivity index (χ4v) is 4.72. The number of esters is 2. The number of methoxy groups -OCH3 is 1. The predicted octanol–water partition coefficient (Wildman–Crippen LogP) is 5.20. The van der Waals surface area contributed by atoms with Crippen LogP contribution in [0.4, 0.5) is 5.69 Å². The summed E-state index contributed by atoms with van der Waals surface area (Å²) in [5.74, 6) is -2.20. The molecule has 0 radical (unpaired) electrons. The Balaban J connectivity index is 2.05. The van der Waals surface area contributed by atoms with Gasteiger partial charge in [-0.3, -0.25) is 4.79 Å². The lowest BCUT2D eigenvalue weighted by Gasteiger charge is -2.28. The Hall–Kier alpha value is -4.63. The highest BCUT2D eigenvalue weighted by atomic mass is 16.6.